The van der Waals surface area contributed by atoms with Crippen LogP contribution in [0.3, 0.4) is 0 Å². The SMILES string of the molecule is COc1ccccc1OCCNC(=O)Cc1csc(NC(=O)Cc2cccs2)n1. The molecule has 0 unspecified atom stereocenters. The second-order valence-electron chi connectivity index (χ2n) is 5.97. The van der Waals surface area contributed by atoms with Gasteiger partial charge in [0.05, 0.1) is 32.2 Å². The zero-order valence-corrected chi connectivity index (χ0v) is 17.5. The summed E-state index contributed by atoms with van der Waals surface area (Å²) in [4.78, 5) is 29.4. The molecular formula is C20H21N3O4S2. The van der Waals surface area contributed by atoms with Gasteiger partial charge in [0.25, 0.3) is 0 Å². The maximum atomic E-state index is 12.1. The molecule has 29 heavy (non-hydrogen) atoms. The molecule has 1 aromatic carbocycles. The van der Waals surface area contributed by atoms with E-state index in [1.165, 1.54) is 22.7 Å². The van der Waals surface area contributed by atoms with Crippen LogP contribution in [0, 0.1) is 0 Å². The number of rotatable bonds is 10. The molecule has 2 N–H and O–H groups in total. The number of carbonyl (C=O) groups excluding carboxylic acids is 2. The van der Waals surface area contributed by atoms with E-state index in [2.05, 4.69) is 15.6 Å². The summed E-state index contributed by atoms with van der Waals surface area (Å²) in [6.07, 6.45) is 0.464. The first-order valence-corrected chi connectivity index (χ1v) is 10.7. The van der Waals surface area contributed by atoms with Crippen LogP contribution in [0.15, 0.2) is 47.2 Å². The molecule has 0 fully saturated rings. The normalized spacial score (nSPS) is 10.4. The lowest BCUT2D eigenvalue weighted by atomic mass is 10.3. The van der Waals surface area contributed by atoms with Crippen molar-refractivity contribution in [3.63, 3.8) is 0 Å². The molecule has 152 valence electrons. The van der Waals surface area contributed by atoms with E-state index in [1.807, 2.05) is 41.8 Å². The second kappa shape index (κ2) is 10.6. The predicted molar refractivity (Wildman–Crippen MR) is 114 cm³/mol. The topological polar surface area (TPSA) is 89.5 Å². The molecule has 2 aromatic heterocycles. The van der Waals surface area contributed by atoms with Crippen molar-refractivity contribution in [3.05, 3.63) is 57.7 Å². The summed E-state index contributed by atoms with van der Waals surface area (Å²) in [5.41, 5.74) is 0.615. The lowest BCUT2D eigenvalue weighted by Crippen LogP contribution is -2.29. The Morgan fingerprint density at radius 3 is 2.62 bits per heavy atom. The highest BCUT2D eigenvalue weighted by atomic mass is 32.1. The lowest BCUT2D eigenvalue weighted by molar-refractivity contribution is -0.120. The van der Waals surface area contributed by atoms with Crippen molar-refractivity contribution >= 4 is 39.6 Å². The summed E-state index contributed by atoms with van der Waals surface area (Å²) in [6, 6.07) is 11.2. The molecule has 2 heterocycles. The van der Waals surface area contributed by atoms with Crippen LogP contribution in [-0.4, -0.2) is 37.1 Å². The van der Waals surface area contributed by atoms with Crippen LogP contribution in [0.4, 0.5) is 5.13 Å². The van der Waals surface area contributed by atoms with Crippen molar-refractivity contribution in [1.82, 2.24) is 10.3 Å². The number of nitrogens with one attached hydrogen (secondary N) is 2. The summed E-state index contributed by atoms with van der Waals surface area (Å²) in [7, 11) is 1.58. The molecule has 2 amide bonds. The molecule has 0 saturated heterocycles. The summed E-state index contributed by atoms with van der Waals surface area (Å²) >= 11 is 2.84. The summed E-state index contributed by atoms with van der Waals surface area (Å²) in [5, 5.41) is 9.76. The first-order valence-electron chi connectivity index (χ1n) is 8.93. The van der Waals surface area contributed by atoms with Gasteiger partial charge in [0.15, 0.2) is 16.6 Å². The Labute approximate surface area is 176 Å². The highest BCUT2D eigenvalue weighted by Gasteiger charge is 2.11. The first-order chi connectivity index (χ1) is 14.1. The van der Waals surface area contributed by atoms with E-state index < -0.39 is 0 Å². The van der Waals surface area contributed by atoms with Crippen molar-refractivity contribution in [1.29, 1.82) is 0 Å². The van der Waals surface area contributed by atoms with Gasteiger partial charge in [0.1, 0.15) is 6.61 Å². The predicted octanol–water partition coefficient (Wildman–Crippen LogP) is 3.13. The first kappa shape index (κ1) is 20.8. The van der Waals surface area contributed by atoms with Gasteiger partial charge in [-0.1, -0.05) is 18.2 Å². The van der Waals surface area contributed by atoms with Crippen molar-refractivity contribution in [2.45, 2.75) is 12.8 Å². The van der Waals surface area contributed by atoms with Gasteiger partial charge in [0, 0.05) is 10.3 Å². The molecule has 0 radical (unpaired) electrons. The number of carbonyl (C=O) groups is 2. The number of benzene rings is 1. The molecule has 0 spiro atoms. The fraction of sp³-hybridized carbons (Fsp3) is 0.250. The minimum atomic E-state index is -0.157. The van der Waals surface area contributed by atoms with E-state index in [1.54, 1.807) is 12.5 Å². The van der Waals surface area contributed by atoms with E-state index in [-0.39, 0.29) is 18.2 Å². The number of nitrogens with zero attached hydrogens (tertiary/aromatic N) is 1. The largest absolute Gasteiger partial charge is 0.493 e. The number of para-hydroxylation sites is 2. The highest BCUT2D eigenvalue weighted by Crippen LogP contribution is 2.25. The van der Waals surface area contributed by atoms with Crippen LogP contribution < -0.4 is 20.1 Å². The molecular weight excluding hydrogens is 410 g/mol. The quantitative estimate of drug-likeness (QED) is 0.482. The summed E-state index contributed by atoms with van der Waals surface area (Å²) in [5.74, 6) is 1.00. The number of aromatic nitrogens is 1. The van der Waals surface area contributed by atoms with Gasteiger partial charge in [-0.3, -0.25) is 9.59 Å². The second-order valence-corrected chi connectivity index (χ2v) is 7.86. The van der Waals surface area contributed by atoms with E-state index in [9.17, 15) is 9.59 Å². The molecule has 9 heteroatoms. The Bertz CT molecular complexity index is 941. The van der Waals surface area contributed by atoms with Gasteiger partial charge in [-0.05, 0) is 23.6 Å². The molecule has 3 rings (SSSR count). The Morgan fingerprint density at radius 1 is 1.03 bits per heavy atom. The molecule has 0 saturated carbocycles. The molecule has 7 nitrogen and oxygen atoms in total. The van der Waals surface area contributed by atoms with Gasteiger partial charge in [-0.25, -0.2) is 4.98 Å². The zero-order valence-electron chi connectivity index (χ0n) is 15.8. The third-order valence-electron chi connectivity index (χ3n) is 3.81. The van der Waals surface area contributed by atoms with Crippen molar-refractivity contribution < 1.29 is 19.1 Å². The zero-order chi connectivity index (χ0) is 20.5. The number of ether oxygens (including phenoxy) is 2. The van der Waals surface area contributed by atoms with Crippen LogP contribution in [-0.2, 0) is 22.4 Å². The average molecular weight is 432 g/mol. The van der Waals surface area contributed by atoms with Crippen molar-refractivity contribution in [3.8, 4) is 11.5 Å². The van der Waals surface area contributed by atoms with Crippen LogP contribution in [0.1, 0.15) is 10.6 Å². The Morgan fingerprint density at radius 2 is 1.86 bits per heavy atom. The average Bonchev–Trinajstić information content (AvgIpc) is 3.37. The minimum absolute atomic E-state index is 0.119. The van der Waals surface area contributed by atoms with Gasteiger partial charge >= 0.3 is 0 Å². The summed E-state index contributed by atoms with van der Waals surface area (Å²) < 4.78 is 10.8. The number of thiophene rings is 1. The minimum Gasteiger partial charge on any atom is -0.493 e. The number of hydrogen-bond acceptors (Lipinski definition) is 7. The lowest BCUT2D eigenvalue weighted by Gasteiger charge is -2.10. The third-order valence-corrected chi connectivity index (χ3v) is 5.49. The Balaban J connectivity index is 1.38. The number of thiazole rings is 1. The third kappa shape index (κ3) is 6.58. The monoisotopic (exact) mass is 431 g/mol. The molecule has 0 aliphatic heterocycles. The van der Waals surface area contributed by atoms with E-state index >= 15 is 0 Å². The number of methoxy groups -OCH3 is 1. The molecule has 0 atom stereocenters. The van der Waals surface area contributed by atoms with E-state index in [0.717, 1.165) is 4.88 Å². The molecule has 0 bridgehead atoms. The molecule has 0 aliphatic carbocycles. The van der Waals surface area contributed by atoms with Gasteiger partial charge in [0.2, 0.25) is 11.8 Å². The number of anilines is 1. The van der Waals surface area contributed by atoms with Gasteiger partial charge in [-0.2, -0.15) is 0 Å². The fourth-order valence-electron chi connectivity index (χ4n) is 2.50. The highest BCUT2D eigenvalue weighted by molar-refractivity contribution is 7.14. The number of hydrogen-bond donors (Lipinski definition) is 2. The standard InChI is InChI=1S/C20H21N3O4S2/c1-26-16-6-2-3-7-17(16)27-9-8-21-18(24)11-14-13-29-20(22-14)23-19(25)12-15-5-4-10-28-15/h2-7,10,13H,8-9,11-12H2,1H3,(H,21,24)(H,22,23,25). The van der Waals surface area contributed by atoms with Gasteiger partial charge < -0.3 is 20.1 Å². The summed E-state index contributed by atoms with van der Waals surface area (Å²) in [6.45, 7) is 0.693. The smallest absolute Gasteiger partial charge is 0.231 e. The maximum absolute atomic E-state index is 12.1. The Kier molecular flexibility index (Phi) is 7.60. The molecule has 3 aromatic rings. The van der Waals surface area contributed by atoms with Crippen molar-refractivity contribution in [2.75, 3.05) is 25.6 Å². The Hall–Kier alpha value is -2.91. The molecule has 0 aliphatic rings. The number of amides is 2. The van der Waals surface area contributed by atoms with Crippen LogP contribution in [0.5, 0.6) is 11.5 Å². The van der Waals surface area contributed by atoms with Crippen LogP contribution in [0.2, 0.25) is 0 Å². The van der Waals surface area contributed by atoms with E-state index in [0.29, 0.717) is 41.9 Å². The van der Waals surface area contributed by atoms with E-state index in [4.69, 9.17) is 9.47 Å². The van der Waals surface area contributed by atoms with Crippen LogP contribution in [0.25, 0.3) is 0 Å². The van der Waals surface area contributed by atoms with Crippen molar-refractivity contribution in [2.24, 2.45) is 0 Å². The van der Waals surface area contributed by atoms with Gasteiger partial charge in [-0.15, -0.1) is 22.7 Å². The van der Waals surface area contributed by atoms with Crippen LogP contribution >= 0.6 is 22.7 Å². The fourth-order valence-corrected chi connectivity index (χ4v) is 3.93. The maximum Gasteiger partial charge on any atom is 0.231 e.